The number of nitro benzene ring substituents is 1. The van der Waals surface area contributed by atoms with Crippen LogP contribution in [0.5, 0.6) is 0 Å². The average molecular weight is 330 g/mol. The maximum atomic E-state index is 11.8. The van der Waals surface area contributed by atoms with E-state index in [0.717, 1.165) is 36.5 Å². The molecule has 126 valence electrons. The van der Waals surface area contributed by atoms with E-state index in [1.807, 2.05) is 0 Å². The van der Waals surface area contributed by atoms with Gasteiger partial charge in [-0.1, -0.05) is 0 Å². The summed E-state index contributed by atoms with van der Waals surface area (Å²) in [7, 11) is 1.45. The van der Waals surface area contributed by atoms with E-state index in [1.165, 1.54) is 25.6 Å². The first-order chi connectivity index (χ1) is 11.5. The molecule has 8 heteroatoms. The lowest BCUT2D eigenvalue weighted by atomic mass is 10.1. The quantitative estimate of drug-likeness (QED) is 0.396. The van der Waals surface area contributed by atoms with Crippen molar-refractivity contribution in [2.75, 3.05) is 25.0 Å². The number of nitrogens with one attached hydrogen (secondary N) is 1. The van der Waals surface area contributed by atoms with Gasteiger partial charge < -0.3 is 4.90 Å². The summed E-state index contributed by atoms with van der Waals surface area (Å²) in [5, 5.41) is 13.5. The average Bonchev–Trinajstić information content (AvgIpc) is 2.81. The monoisotopic (exact) mass is 330 g/mol. The van der Waals surface area contributed by atoms with E-state index in [0.29, 0.717) is 5.56 Å². The summed E-state index contributed by atoms with van der Waals surface area (Å²) in [6.45, 7) is 1.82. The number of carbonyl (C=O) groups is 2. The Morgan fingerprint density at radius 1 is 1.21 bits per heavy atom. The van der Waals surface area contributed by atoms with E-state index in [2.05, 4.69) is 10.2 Å². The first-order valence-corrected chi connectivity index (χ1v) is 7.81. The van der Waals surface area contributed by atoms with Crippen molar-refractivity contribution in [1.29, 1.82) is 0 Å². The Kier molecular flexibility index (Phi) is 4.20. The van der Waals surface area contributed by atoms with E-state index in [9.17, 15) is 19.7 Å². The second-order valence-electron chi connectivity index (χ2n) is 5.90. The molecule has 3 amide bonds. The summed E-state index contributed by atoms with van der Waals surface area (Å²) in [4.78, 5) is 37.5. The van der Waals surface area contributed by atoms with E-state index < -0.39 is 16.9 Å². The summed E-state index contributed by atoms with van der Waals surface area (Å²) >= 11 is 0. The van der Waals surface area contributed by atoms with Gasteiger partial charge >= 0.3 is 6.03 Å². The lowest BCUT2D eigenvalue weighted by Gasteiger charge is -2.29. The molecule has 2 saturated heterocycles. The molecule has 0 saturated carbocycles. The molecule has 1 aromatic carbocycles. The van der Waals surface area contributed by atoms with Gasteiger partial charge in [0.1, 0.15) is 5.70 Å². The molecule has 0 aliphatic carbocycles. The third-order valence-corrected chi connectivity index (χ3v) is 4.34. The molecule has 1 aromatic rings. The van der Waals surface area contributed by atoms with Crippen molar-refractivity contribution < 1.29 is 14.5 Å². The molecule has 3 rings (SSSR count). The van der Waals surface area contributed by atoms with Gasteiger partial charge in [0.05, 0.1) is 10.5 Å². The van der Waals surface area contributed by atoms with Crippen LogP contribution < -0.4 is 10.2 Å². The molecule has 0 unspecified atom stereocenters. The second kappa shape index (κ2) is 6.31. The maximum Gasteiger partial charge on any atom is 0.328 e. The van der Waals surface area contributed by atoms with Gasteiger partial charge in [0.25, 0.3) is 11.6 Å². The zero-order chi connectivity index (χ0) is 17.3. The number of rotatable bonds is 3. The molecule has 2 heterocycles. The standard InChI is InChI=1S/C16H18N4O4/c1-18-14(15(21)17-16(18)22)10-11-9-12(5-6-13(11)20(23)24)19-7-3-2-4-8-19/h5-6,9-10H,2-4,7-8H2,1H3,(H,17,21,22). The summed E-state index contributed by atoms with van der Waals surface area (Å²) in [6, 6.07) is 4.35. The van der Waals surface area contributed by atoms with Crippen LogP contribution in [-0.4, -0.2) is 41.9 Å². The number of likely N-dealkylation sites (N-methyl/N-ethyl adjacent to an activating group) is 1. The number of piperidine rings is 1. The Morgan fingerprint density at radius 2 is 1.92 bits per heavy atom. The Hall–Kier alpha value is -2.90. The van der Waals surface area contributed by atoms with Crippen LogP contribution in [0, 0.1) is 10.1 Å². The third kappa shape index (κ3) is 2.94. The molecular formula is C16H18N4O4. The number of nitro groups is 1. The lowest BCUT2D eigenvalue weighted by molar-refractivity contribution is -0.385. The lowest BCUT2D eigenvalue weighted by Crippen LogP contribution is -2.29. The second-order valence-corrected chi connectivity index (χ2v) is 5.90. The van der Waals surface area contributed by atoms with Gasteiger partial charge in [-0.05, 0) is 37.5 Å². The Bertz CT molecular complexity index is 738. The fraction of sp³-hybridized carbons (Fsp3) is 0.375. The predicted molar refractivity (Wildman–Crippen MR) is 88.4 cm³/mol. The number of benzene rings is 1. The Labute approximate surface area is 138 Å². The number of anilines is 1. The van der Waals surface area contributed by atoms with Crippen LogP contribution in [0.2, 0.25) is 0 Å². The third-order valence-electron chi connectivity index (χ3n) is 4.34. The highest BCUT2D eigenvalue weighted by Gasteiger charge is 2.30. The highest BCUT2D eigenvalue weighted by molar-refractivity contribution is 6.14. The molecule has 2 aliphatic rings. The van der Waals surface area contributed by atoms with Gasteiger partial charge in [-0.15, -0.1) is 0 Å². The number of hydrogen-bond acceptors (Lipinski definition) is 5. The largest absolute Gasteiger partial charge is 0.372 e. The number of amides is 3. The van der Waals surface area contributed by atoms with Crippen LogP contribution in [0.3, 0.4) is 0 Å². The zero-order valence-corrected chi connectivity index (χ0v) is 13.3. The van der Waals surface area contributed by atoms with Crippen molar-refractivity contribution in [3.63, 3.8) is 0 Å². The molecule has 0 radical (unpaired) electrons. The van der Waals surface area contributed by atoms with Crippen LogP contribution in [0.15, 0.2) is 23.9 Å². The van der Waals surface area contributed by atoms with Crippen molar-refractivity contribution in [1.82, 2.24) is 10.2 Å². The molecule has 0 atom stereocenters. The van der Waals surface area contributed by atoms with Gasteiger partial charge in [-0.25, -0.2) is 4.79 Å². The Balaban J connectivity index is 2.02. The fourth-order valence-electron chi connectivity index (χ4n) is 2.99. The molecule has 0 spiro atoms. The predicted octanol–water partition coefficient (Wildman–Crippen LogP) is 2.11. The number of nitrogens with zero attached hydrogens (tertiary/aromatic N) is 3. The maximum absolute atomic E-state index is 11.8. The number of hydrogen-bond donors (Lipinski definition) is 1. The van der Waals surface area contributed by atoms with Crippen molar-refractivity contribution in [2.45, 2.75) is 19.3 Å². The van der Waals surface area contributed by atoms with Crippen molar-refractivity contribution in [2.24, 2.45) is 0 Å². The van der Waals surface area contributed by atoms with Gasteiger partial charge in [-0.2, -0.15) is 0 Å². The molecule has 0 aromatic heterocycles. The molecule has 2 aliphatic heterocycles. The summed E-state index contributed by atoms with van der Waals surface area (Å²) in [6.07, 6.45) is 4.76. The van der Waals surface area contributed by atoms with Crippen LogP contribution in [0.4, 0.5) is 16.2 Å². The van der Waals surface area contributed by atoms with E-state index in [1.54, 1.807) is 12.1 Å². The minimum atomic E-state index is -0.555. The van der Waals surface area contributed by atoms with Crippen molar-refractivity contribution in [3.05, 3.63) is 39.6 Å². The topological polar surface area (TPSA) is 95.8 Å². The van der Waals surface area contributed by atoms with Crippen molar-refractivity contribution in [3.8, 4) is 0 Å². The van der Waals surface area contributed by atoms with Gasteiger partial charge in [0.2, 0.25) is 0 Å². The van der Waals surface area contributed by atoms with Gasteiger partial charge in [0, 0.05) is 31.9 Å². The van der Waals surface area contributed by atoms with E-state index >= 15 is 0 Å². The minimum absolute atomic E-state index is 0.0937. The van der Waals surface area contributed by atoms with Gasteiger partial charge in [-0.3, -0.25) is 25.1 Å². The van der Waals surface area contributed by atoms with Crippen LogP contribution in [0.1, 0.15) is 24.8 Å². The molecule has 1 N–H and O–H groups in total. The number of urea groups is 1. The fourth-order valence-corrected chi connectivity index (χ4v) is 2.99. The number of carbonyl (C=O) groups excluding carboxylic acids is 2. The number of imide groups is 1. The first-order valence-electron chi connectivity index (χ1n) is 7.81. The molecular weight excluding hydrogens is 312 g/mol. The summed E-state index contributed by atoms with van der Waals surface area (Å²) in [5.41, 5.74) is 1.21. The minimum Gasteiger partial charge on any atom is -0.372 e. The van der Waals surface area contributed by atoms with E-state index in [4.69, 9.17) is 0 Å². The Morgan fingerprint density at radius 3 is 2.50 bits per heavy atom. The normalized spacial score (nSPS) is 19.8. The van der Waals surface area contributed by atoms with Crippen molar-refractivity contribution >= 4 is 29.4 Å². The summed E-state index contributed by atoms with van der Waals surface area (Å²) in [5.74, 6) is -0.555. The SMILES string of the molecule is CN1C(=O)NC(=O)C1=Cc1cc(N2CCCCC2)ccc1[N+](=O)[O-]. The highest BCUT2D eigenvalue weighted by Crippen LogP contribution is 2.29. The van der Waals surface area contributed by atoms with Gasteiger partial charge in [0.15, 0.2) is 0 Å². The smallest absolute Gasteiger partial charge is 0.328 e. The summed E-state index contributed by atoms with van der Waals surface area (Å²) < 4.78 is 0. The van der Waals surface area contributed by atoms with Crippen LogP contribution >= 0.6 is 0 Å². The first kappa shape index (κ1) is 16.0. The zero-order valence-electron chi connectivity index (χ0n) is 13.3. The molecule has 8 nitrogen and oxygen atoms in total. The molecule has 2 fully saturated rings. The van der Waals surface area contributed by atoms with E-state index in [-0.39, 0.29) is 11.4 Å². The highest BCUT2D eigenvalue weighted by atomic mass is 16.6. The molecule has 24 heavy (non-hydrogen) atoms. The van der Waals surface area contributed by atoms with Crippen LogP contribution in [-0.2, 0) is 4.79 Å². The molecule has 0 bridgehead atoms. The van der Waals surface area contributed by atoms with Crippen LogP contribution in [0.25, 0.3) is 6.08 Å².